The summed E-state index contributed by atoms with van der Waals surface area (Å²) in [5.74, 6) is 1.40. The van der Waals surface area contributed by atoms with E-state index < -0.39 is 0 Å². The topological polar surface area (TPSA) is 35.2 Å². The molecule has 0 aromatic heterocycles. The molecule has 2 nitrogen and oxygen atoms in total. The molecule has 2 aromatic carbocycles. The van der Waals surface area contributed by atoms with E-state index in [0.29, 0.717) is 10.8 Å². The van der Waals surface area contributed by atoms with Gasteiger partial charge in [0.15, 0.2) is 0 Å². The van der Waals surface area contributed by atoms with Crippen LogP contribution in [0.2, 0.25) is 5.02 Å². The summed E-state index contributed by atoms with van der Waals surface area (Å²) in [6, 6.07) is 13.6. The highest BCUT2D eigenvalue weighted by atomic mass is 79.9. The van der Waals surface area contributed by atoms with Crippen molar-refractivity contribution in [2.24, 2.45) is 5.73 Å². The van der Waals surface area contributed by atoms with Gasteiger partial charge >= 0.3 is 0 Å². The average Bonchev–Trinajstić information content (AvgIpc) is 2.42. The van der Waals surface area contributed by atoms with Crippen LogP contribution in [-0.2, 0) is 6.42 Å². The number of rotatable bonds is 5. The van der Waals surface area contributed by atoms with Crippen LogP contribution in [0.1, 0.15) is 18.9 Å². The predicted octanol–water partition coefficient (Wildman–Crippen LogP) is 5.17. The summed E-state index contributed by atoms with van der Waals surface area (Å²) in [7, 11) is 0. The molecule has 0 fully saturated rings. The van der Waals surface area contributed by atoms with Crippen molar-refractivity contribution in [2.75, 3.05) is 0 Å². The number of benzene rings is 2. The summed E-state index contributed by atoms with van der Waals surface area (Å²) in [4.78, 5) is 0. The van der Waals surface area contributed by atoms with Crippen LogP contribution in [0, 0.1) is 0 Å². The molecule has 0 saturated heterocycles. The highest BCUT2D eigenvalue weighted by Gasteiger charge is 2.07. The maximum Gasteiger partial charge on any atom is 0.146 e. The van der Waals surface area contributed by atoms with E-state index in [1.54, 1.807) is 0 Å². The number of nitrogens with two attached hydrogens (primary N) is 1. The van der Waals surface area contributed by atoms with Crippen molar-refractivity contribution in [2.45, 2.75) is 25.8 Å². The van der Waals surface area contributed by atoms with E-state index >= 15 is 0 Å². The molecule has 2 aromatic rings. The van der Waals surface area contributed by atoms with Crippen LogP contribution in [0.3, 0.4) is 0 Å². The molecular formula is C16H17BrClNO. The Hall–Kier alpha value is -1.03. The minimum Gasteiger partial charge on any atom is -0.456 e. The Morgan fingerprint density at radius 2 is 2.05 bits per heavy atom. The first kappa shape index (κ1) is 15.4. The van der Waals surface area contributed by atoms with E-state index in [1.807, 2.05) is 42.5 Å². The fraction of sp³-hybridized carbons (Fsp3) is 0.250. The molecule has 0 bridgehead atoms. The molecule has 0 aliphatic rings. The van der Waals surface area contributed by atoms with Crippen molar-refractivity contribution in [1.29, 1.82) is 0 Å². The monoisotopic (exact) mass is 353 g/mol. The molecule has 0 saturated carbocycles. The molecule has 0 radical (unpaired) electrons. The second-order valence-corrected chi connectivity index (χ2v) is 6.02. The zero-order valence-corrected chi connectivity index (χ0v) is 13.6. The molecule has 4 heteroatoms. The Morgan fingerprint density at radius 1 is 1.25 bits per heavy atom. The molecule has 20 heavy (non-hydrogen) atoms. The van der Waals surface area contributed by atoms with E-state index in [0.717, 1.165) is 28.6 Å². The fourth-order valence-corrected chi connectivity index (χ4v) is 2.48. The third-order valence-electron chi connectivity index (χ3n) is 3.04. The lowest BCUT2D eigenvalue weighted by molar-refractivity contribution is 0.482. The van der Waals surface area contributed by atoms with Gasteiger partial charge in [-0.15, -0.1) is 0 Å². The van der Waals surface area contributed by atoms with E-state index in [4.69, 9.17) is 22.1 Å². The highest BCUT2D eigenvalue weighted by molar-refractivity contribution is 9.10. The van der Waals surface area contributed by atoms with E-state index in [-0.39, 0.29) is 6.04 Å². The van der Waals surface area contributed by atoms with Gasteiger partial charge in [-0.3, -0.25) is 0 Å². The van der Waals surface area contributed by atoms with E-state index in [9.17, 15) is 0 Å². The van der Waals surface area contributed by atoms with Gasteiger partial charge in [0, 0.05) is 10.5 Å². The molecule has 106 valence electrons. The normalized spacial score (nSPS) is 12.2. The maximum atomic E-state index is 6.27. The summed E-state index contributed by atoms with van der Waals surface area (Å²) in [6.45, 7) is 2.08. The molecular weight excluding hydrogens is 338 g/mol. The van der Waals surface area contributed by atoms with Gasteiger partial charge < -0.3 is 10.5 Å². The summed E-state index contributed by atoms with van der Waals surface area (Å²) < 4.78 is 6.75. The van der Waals surface area contributed by atoms with Crippen molar-refractivity contribution >= 4 is 27.5 Å². The molecule has 0 aliphatic carbocycles. The third kappa shape index (κ3) is 4.23. The third-order valence-corrected chi connectivity index (χ3v) is 3.83. The number of hydrogen-bond acceptors (Lipinski definition) is 2. The van der Waals surface area contributed by atoms with Gasteiger partial charge in [-0.05, 0) is 48.7 Å². The average molecular weight is 355 g/mol. The van der Waals surface area contributed by atoms with Crippen LogP contribution in [0.25, 0.3) is 0 Å². The predicted molar refractivity (Wildman–Crippen MR) is 87.6 cm³/mol. The first-order valence-corrected chi connectivity index (χ1v) is 7.73. The SMILES string of the molecule is CCC(N)Cc1ccc(Oc2cccc(Br)c2)c(Cl)c1. The van der Waals surface area contributed by atoms with Crippen molar-refractivity contribution in [1.82, 2.24) is 0 Å². The number of halogens is 2. The Balaban J connectivity index is 2.13. The van der Waals surface area contributed by atoms with Crippen LogP contribution >= 0.6 is 27.5 Å². The molecule has 2 N–H and O–H groups in total. The minimum absolute atomic E-state index is 0.169. The maximum absolute atomic E-state index is 6.27. The summed E-state index contributed by atoms with van der Waals surface area (Å²) in [5, 5.41) is 0.603. The molecule has 0 spiro atoms. The lowest BCUT2D eigenvalue weighted by Gasteiger charge is -2.12. The zero-order chi connectivity index (χ0) is 14.5. The van der Waals surface area contributed by atoms with Gasteiger partial charge in [-0.25, -0.2) is 0 Å². The van der Waals surface area contributed by atoms with Gasteiger partial charge in [-0.2, -0.15) is 0 Å². The summed E-state index contributed by atoms with van der Waals surface area (Å²) >= 11 is 9.68. The second-order valence-electron chi connectivity index (χ2n) is 4.70. The van der Waals surface area contributed by atoms with Gasteiger partial charge in [0.2, 0.25) is 0 Å². The van der Waals surface area contributed by atoms with Crippen LogP contribution in [-0.4, -0.2) is 6.04 Å². The van der Waals surface area contributed by atoms with Crippen molar-refractivity contribution in [3.8, 4) is 11.5 Å². The van der Waals surface area contributed by atoms with Crippen molar-refractivity contribution in [3.05, 3.63) is 57.5 Å². The van der Waals surface area contributed by atoms with Crippen LogP contribution in [0.15, 0.2) is 46.9 Å². The minimum atomic E-state index is 0.169. The highest BCUT2D eigenvalue weighted by Crippen LogP contribution is 2.31. The molecule has 0 aliphatic heterocycles. The standard InChI is InChI=1S/C16H17BrClNO/c1-2-13(19)8-11-6-7-16(15(18)9-11)20-14-5-3-4-12(17)10-14/h3-7,9-10,13H,2,8,19H2,1H3. The number of ether oxygens (including phenoxy) is 1. The van der Waals surface area contributed by atoms with Gasteiger partial charge in [0.25, 0.3) is 0 Å². The fourth-order valence-electron chi connectivity index (χ4n) is 1.86. The quantitative estimate of drug-likeness (QED) is 0.803. The Bertz CT molecular complexity index is 588. The van der Waals surface area contributed by atoms with Crippen LogP contribution in [0.4, 0.5) is 0 Å². The lowest BCUT2D eigenvalue weighted by Crippen LogP contribution is -2.21. The van der Waals surface area contributed by atoms with Crippen LogP contribution in [0.5, 0.6) is 11.5 Å². The first-order chi connectivity index (χ1) is 9.58. The Labute approximate surface area is 133 Å². The van der Waals surface area contributed by atoms with Crippen molar-refractivity contribution < 1.29 is 4.74 Å². The van der Waals surface area contributed by atoms with Gasteiger partial charge in [0.1, 0.15) is 11.5 Å². The summed E-state index contributed by atoms with van der Waals surface area (Å²) in [6.07, 6.45) is 1.78. The summed E-state index contributed by atoms with van der Waals surface area (Å²) in [5.41, 5.74) is 7.08. The van der Waals surface area contributed by atoms with E-state index in [2.05, 4.69) is 22.9 Å². The molecule has 0 amide bonds. The number of hydrogen-bond donors (Lipinski definition) is 1. The molecule has 1 atom stereocenters. The van der Waals surface area contributed by atoms with Gasteiger partial charge in [0.05, 0.1) is 5.02 Å². The first-order valence-electron chi connectivity index (χ1n) is 6.56. The molecule has 0 heterocycles. The molecule has 2 rings (SSSR count). The smallest absolute Gasteiger partial charge is 0.146 e. The molecule has 1 unspecified atom stereocenters. The Kier molecular flexibility index (Phi) is 5.46. The van der Waals surface area contributed by atoms with Crippen LogP contribution < -0.4 is 10.5 Å². The zero-order valence-electron chi connectivity index (χ0n) is 11.3. The largest absolute Gasteiger partial charge is 0.456 e. The lowest BCUT2D eigenvalue weighted by atomic mass is 10.0. The van der Waals surface area contributed by atoms with Gasteiger partial charge in [-0.1, -0.05) is 46.6 Å². The Morgan fingerprint density at radius 3 is 2.70 bits per heavy atom. The van der Waals surface area contributed by atoms with E-state index in [1.165, 1.54) is 0 Å². The second kappa shape index (κ2) is 7.11. The van der Waals surface area contributed by atoms with Crippen molar-refractivity contribution in [3.63, 3.8) is 0 Å².